The lowest BCUT2D eigenvalue weighted by Gasteiger charge is -2.15. The Kier molecular flexibility index (Phi) is 3.18. The van der Waals surface area contributed by atoms with Crippen molar-refractivity contribution < 1.29 is 5.21 Å². The molecule has 0 atom stereocenters. The summed E-state index contributed by atoms with van der Waals surface area (Å²) in [6.45, 7) is 0. The summed E-state index contributed by atoms with van der Waals surface area (Å²) >= 11 is 0. The summed E-state index contributed by atoms with van der Waals surface area (Å²) in [5.41, 5.74) is 3.20. The fourth-order valence-electron chi connectivity index (χ4n) is 1.93. The van der Waals surface area contributed by atoms with Crippen LogP contribution in [0, 0.1) is 0 Å². The predicted molar refractivity (Wildman–Crippen MR) is 62.1 cm³/mol. The minimum absolute atomic E-state index is 0.852. The third-order valence-electron chi connectivity index (χ3n) is 2.74. The molecule has 2 rings (SSSR count). The predicted octanol–water partition coefficient (Wildman–Crippen LogP) is 3.47. The fraction of sp³-hybridized carbons (Fsp3) is 0.308. The van der Waals surface area contributed by atoms with Crippen molar-refractivity contribution in [1.29, 1.82) is 0 Å². The van der Waals surface area contributed by atoms with Crippen LogP contribution in [0.15, 0.2) is 41.1 Å². The lowest BCUT2D eigenvalue weighted by molar-refractivity contribution is 0.316. The van der Waals surface area contributed by atoms with E-state index in [0.29, 0.717) is 0 Å². The Morgan fingerprint density at radius 1 is 1.07 bits per heavy atom. The third-order valence-corrected chi connectivity index (χ3v) is 2.74. The average molecular weight is 201 g/mol. The van der Waals surface area contributed by atoms with Gasteiger partial charge in [-0.3, -0.25) is 0 Å². The molecule has 0 aliphatic heterocycles. The SMILES string of the molecule is ON=C1CCCC/C1=C/c1ccccc1. The summed E-state index contributed by atoms with van der Waals surface area (Å²) in [5.74, 6) is 0. The Bertz CT molecular complexity index is 379. The van der Waals surface area contributed by atoms with E-state index < -0.39 is 0 Å². The molecule has 2 heteroatoms. The van der Waals surface area contributed by atoms with Gasteiger partial charge >= 0.3 is 0 Å². The standard InChI is InChI=1S/C13H15NO/c15-14-13-9-5-4-8-12(13)10-11-6-2-1-3-7-11/h1-3,6-7,10,15H,4-5,8-9H2/b12-10-,14-13?. The molecule has 1 saturated carbocycles. The molecule has 1 aliphatic carbocycles. The first kappa shape index (κ1) is 9.97. The van der Waals surface area contributed by atoms with Crippen LogP contribution in [0.25, 0.3) is 6.08 Å². The lowest BCUT2D eigenvalue weighted by Crippen LogP contribution is -2.08. The van der Waals surface area contributed by atoms with Crippen LogP contribution in [-0.4, -0.2) is 10.9 Å². The monoisotopic (exact) mass is 201 g/mol. The van der Waals surface area contributed by atoms with Crippen molar-refractivity contribution in [3.8, 4) is 0 Å². The first-order chi connectivity index (χ1) is 7.40. The van der Waals surface area contributed by atoms with Crippen molar-refractivity contribution in [3.63, 3.8) is 0 Å². The van der Waals surface area contributed by atoms with Crippen LogP contribution in [0.5, 0.6) is 0 Å². The molecule has 0 radical (unpaired) electrons. The number of oxime groups is 1. The molecular formula is C13H15NO. The summed E-state index contributed by atoms with van der Waals surface area (Å²) in [7, 11) is 0. The molecule has 1 aromatic carbocycles. The van der Waals surface area contributed by atoms with Gasteiger partial charge in [0.2, 0.25) is 0 Å². The molecule has 2 nitrogen and oxygen atoms in total. The zero-order valence-electron chi connectivity index (χ0n) is 8.69. The van der Waals surface area contributed by atoms with E-state index in [1.807, 2.05) is 18.2 Å². The van der Waals surface area contributed by atoms with Crippen LogP contribution >= 0.6 is 0 Å². The van der Waals surface area contributed by atoms with E-state index in [4.69, 9.17) is 5.21 Å². The average Bonchev–Trinajstić information content (AvgIpc) is 2.31. The highest BCUT2D eigenvalue weighted by Crippen LogP contribution is 2.23. The number of allylic oxidation sites excluding steroid dienone is 1. The number of nitrogens with zero attached hydrogens (tertiary/aromatic N) is 1. The highest BCUT2D eigenvalue weighted by Gasteiger charge is 2.13. The van der Waals surface area contributed by atoms with Gasteiger partial charge in [0.25, 0.3) is 0 Å². The molecule has 0 aromatic heterocycles. The molecule has 0 saturated heterocycles. The summed E-state index contributed by atoms with van der Waals surface area (Å²) < 4.78 is 0. The number of rotatable bonds is 1. The molecule has 0 spiro atoms. The lowest BCUT2D eigenvalue weighted by atomic mass is 9.91. The molecular weight excluding hydrogens is 186 g/mol. The molecule has 15 heavy (non-hydrogen) atoms. The molecule has 1 aliphatic rings. The number of hydrogen-bond acceptors (Lipinski definition) is 2. The topological polar surface area (TPSA) is 32.6 Å². The second kappa shape index (κ2) is 4.78. The summed E-state index contributed by atoms with van der Waals surface area (Å²) in [4.78, 5) is 0. The zero-order chi connectivity index (χ0) is 10.5. The first-order valence-corrected chi connectivity index (χ1v) is 5.37. The van der Waals surface area contributed by atoms with Crippen LogP contribution in [0.1, 0.15) is 31.2 Å². The van der Waals surface area contributed by atoms with Gasteiger partial charge in [0, 0.05) is 0 Å². The summed E-state index contributed by atoms with van der Waals surface area (Å²) in [6, 6.07) is 10.2. The van der Waals surface area contributed by atoms with Crippen LogP contribution in [0.3, 0.4) is 0 Å². The van der Waals surface area contributed by atoms with E-state index in [-0.39, 0.29) is 0 Å². The largest absolute Gasteiger partial charge is 0.411 e. The molecule has 78 valence electrons. The van der Waals surface area contributed by atoms with Gasteiger partial charge in [0.05, 0.1) is 5.71 Å². The number of hydrogen-bond donors (Lipinski definition) is 1. The van der Waals surface area contributed by atoms with Crippen molar-refractivity contribution in [2.75, 3.05) is 0 Å². The van der Waals surface area contributed by atoms with Crippen molar-refractivity contribution >= 4 is 11.8 Å². The molecule has 0 heterocycles. The quantitative estimate of drug-likeness (QED) is 0.547. The second-order valence-corrected chi connectivity index (χ2v) is 3.83. The van der Waals surface area contributed by atoms with E-state index in [2.05, 4.69) is 23.4 Å². The highest BCUT2D eigenvalue weighted by atomic mass is 16.4. The molecule has 1 N–H and O–H groups in total. The minimum atomic E-state index is 0.852. The highest BCUT2D eigenvalue weighted by molar-refractivity contribution is 6.03. The summed E-state index contributed by atoms with van der Waals surface area (Å²) in [6.07, 6.45) is 6.36. The summed E-state index contributed by atoms with van der Waals surface area (Å²) in [5, 5.41) is 12.3. The van der Waals surface area contributed by atoms with Crippen molar-refractivity contribution in [2.24, 2.45) is 5.16 Å². The zero-order valence-corrected chi connectivity index (χ0v) is 8.69. The normalized spacial score (nSPS) is 22.1. The van der Waals surface area contributed by atoms with Crippen LogP contribution < -0.4 is 0 Å². The smallest absolute Gasteiger partial charge is 0.0827 e. The van der Waals surface area contributed by atoms with Gasteiger partial charge in [-0.2, -0.15) is 0 Å². The second-order valence-electron chi connectivity index (χ2n) is 3.83. The molecule has 1 aromatic rings. The van der Waals surface area contributed by atoms with E-state index in [0.717, 1.165) is 25.0 Å². The van der Waals surface area contributed by atoms with Gasteiger partial charge in [0.15, 0.2) is 0 Å². The Hall–Kier alpha value is -1.57. The van der Waals surface area contributed by atoms with Gasteiger partial charge in [-0.25, -0.2) is 0 Å². The Labute approximate surface area is 89.9 Å². The van der Waals surface area contributed by atoms with Crippen LogP contribution in [0.2, 0.25) is 0 Å². The first-order valence-electron chi connectivity index (χ1n) is 5.37. The Balaban J connectivity index is 2.25. The van der Waals surface area contributed by atoms with Gasteiger partial charge in [-0.05, 0) is 42.9 Å². The van der Waals surface area contributed by atoms with E-state index >= 15 is 0 Å². The molecule has 0 amide bonds. The maximum atomic E-state index is 8.89. The van der Waals surface area contributed by atoms with Crippen molar-refractivity contribution in [2.45, 2.75) is 25.7 Å². The van der Waals surface area contributed by atoms with E-state index in [1.165, 1.54) is 17.6 Å². The van der Waals surface area contributed by atoms with E-state index in [9.17, 15) is 0 Å². The molecule has 0 bridgehead atoms. The Morgan fingerprint density at radius 3 is 2.53 bits per heavy atom. The van der Waals surface area contributed by atoms with Crippen molar-refractivity contribution in [1.82, 2.24) is 0 Å². The van der Waals surface area contributed by atoms with Crippen LogP contribution in [-0.2, 0) is 0 Å². The van der Waals surface area contributed by atoms with Gasteiger partial charge in [0.1, 0.15) is 0 Å². The molecule has 0 unspecified atom stereocenters. The fourth-order valence-corrected chi connectivity index (χ4v) is 1.93. The van der Waals surface area contributed by atoms with Gasteiger partial charge in [-0.15, -0.1) is 0 Å². The third kappa shape index (κ3) is 2.46. The van der Waals surface area contributed by atoms with Gasteiger partial charge < -0.3 is 5.21 Å². The van der Waals surface area contributed by atoms with E-state index in [1.54, 1.807) is 0 Å². The molecule has 1 fully saturated rings. The maximum Gasteiger partial charge on any atom is 0.0827 e. The van der Waals surface area contributed by atoms with Crippen LogP contribution in [0.4, 0.5) is 0 Å². The van der Waals surface area contributed by atoms with Gasteiger partial charge in [-0.1, -0.05) is 35.5 Å². The Morgan fingerprint density at radius 2 is 1.80 bits per heavy atom. The maximum absolute atomic E-state index is 8.89. The minimum Gasteiger partial charge on any atom is -0.411 e. The number of benzene rings is 1. The van der Waals surface area contributed by atoms with Crippen molar-refractivity contribution in [3.05, 3.63) is 41.5 Å².